The maximum Gasteiger partial charge on any atom is 0.232 e. The summed E-state index contributed by atoms with van der Waals surface area (Å²) < 4.78 is 26.5. The van der Waals surface area contributed by atoms with Gasteiger partial charge < -0.3 is 0 Å². The minimum absolute atomic E-state index is 0.0308. The van der Waals surface area contributed by atoms with Crippen LogP contribution in [0.1, 0.15) is 12.5 Å². The predicted molar refractivity (Wildman–Crippen MR) is 120 cm³/mol. The van der Waals surface area contributed by atoms with Gasteiger partial charge in [-0.2, -0.15) is 0 Å². The van der Waals surface area contributed by atoms with E-state index >= 15 is 0 Å². The molecule has 0 fully saturated rings. The van der Waals surface area contributed by atoms with Crippen molar-refractivity contribution in [1.29, 1.82) is 0 Å². The van der Waals surface area contributed by atoms with Gasteiger partial charge in [0.2, 0.25) is 10.0 Å². The van der Waals surface area contributed by atoms with Gasteiger partial charge in [0.15, 0.2) is 0 Å². The summed E-state index contributed by atoms with van der Waals surface area (Å²) in [5.74, 6) is 0.0308. The number of hydrogen-bond donors (Lipinski definition) is 1. The van der Waals surface area contributed by atoms with Crippen molar-refractivity contribution < 1.29 is 8.42 Å². The van der Waals surface area contributed by atoms with E-state index in [-0.39, 0.29) is 5.75 Å². The Morgan fingerprint density at radius 3 is 2.38 bits per heavy atom. The fourth-order valence-electron chi connectivity index (χ4n) is 3.29. The quantitative estimate of drug-likeness (QED) is 0.470. The summed E-state index contributed by atoms with van der Waals surface area (Å²) in [7, 11) is -3.33. The maximum atomic E-state index is 11.9. The molecule has 1 heterocycles. The molecule has 146 valence electrons. The van der Waals surface area contributed by atoms with Crippen molar-refractivity contribution in [3.05, 3.63) is 84.4 Å². The van der Waals surface area contributed by atoms with E-state index in [0.29, 0.717) is 5.69 Å². The number of fused-ring (bicyclic) bond motifs is 1. The number of aryl methyl sites for hydroxylation is 1. The summed E-state index contributed by atoms with van der Waals surface area (Å²) in [6, 6.07) is 25.9. The Morgan fingerprint density at radius 1 is 0.862 bits per heavy atom. The molecule has 5 heteroatoms. The first kappa shape index (κ1) is 19.2. The second-order valence-corrected chi connectivity index (χ2v) is 9.04. The van der Waals surface area contributed by atoms with Crippen LogP contribution in [0.15, 0.2) is 78.9 Å². The molecule has 0 aliphatic rings. The summed E-state index contributed by atoms with van der Waals surface area (Å²) in [5.41, 5.74) is 6.54. The highest BCUT2D eigenvalue weighted by Gasteiger charge is 2.11. The molecule has 0 saturated heterocycles. The zero-order chi connectivity index (χ0) is 20.4. The minimum atomic E-state index is -3.33. The normalized spacial score (nSPS) is 11.5. The van der Waals surface area contributed by atoms with Gasteiger partial charge in [-0.1, -0.05) is 60.2 Å². The van der Waals surface area contributed by atoms with E-state index in [1.54, 1.807) is 13.0 Å². The van der Waals surface area contributed by atoms with Crippen molar-refractivity contribution in [2.75, 3.05) is 10.5 Å². The van der Waals surface area contributed by atoms with Gasteiger partial charge in [-0.05, 0) is 49.2 Å². The number of para-hydroxylation sites is 1. The molecular formula is C24H22N2O2S. The summed E-state index contributed by atoms with van der Waals surface area (Å²) in [6.45, 7) is 3.69. The highest BCUT2D eigenvalue weighted by Crippen LogP contribution is 2.33. The first-order valence-corrected chi connectivity index (χ1v) is 11.2. The highest BCUT2D eigenvalue weighted by molar-refractivity contribution is 7.92. The van der Waals surface area contributed by atoms with E-state index < -0.39 is 10.0 Å². The molecule has 0 spiro atoms. The molecular weight excluding hydrogens is 380 g/mol. The molecule has 0 amide bonds. The van der Waals surface area contributed by atoms with E-state index in [4.69, 9.17) is 4.98 Å². The smallest absolute Gasteiger partial charge is 0.232 e. The van der Waals surface area contributed by atoms with E-state index in [2.05, 4.69) is 48.0 Å². The number of anilines is 1. The first-order valence-electron chi connectivity index (χ1n) is 9.53. The third-order valence-electron chi connectivity index (χ3n) is 4.89. The van der Waals surface area contributed by atoms with Gasteiger partial charge in [-0.25, -0.2) is 13.4 Å². The average Bonchev–Trinajstić information content (AvgIpc) is 2.73. The Hall–Kier alpha value is -3.18. The van der Waals surface area contributed by atoms with Gasteiger partial charge in [0.05, 0.1) is 17.0 Å². The average molecular weight is 403 g/mol. The van der Waals surface area contributed by atoms with Crippen LogP contribution in [-0.4, -0.2) is 19.2 Å². The summed E-state index contributed by atoms with van der Waals surface area (Å²) in [4.78, 5) is 4.83. The van der Waals surface area contributed by atoms with Crippen LogP contribution >= 0.6 is 0 Å². The van der Waals surface area contributed by atoms with Crippen molar-refractivity contribution in [3.8, 4) is 22.4 Å². The van der Waals surface area contributed by atoms with E-state index in [0.717, 1.165) is 33.3 Å². The lowest BCUT2D eigenvalue weighted by molar-refractivity contribution is 0.602. The van der Waals surface area contributed by atoms with Gasteiger partial charge in [0, 0.05) is 16.6 Å². The van der Waals surface area contributed by atoms with Gasteiger partial charge in [-0.15, -0.1) is 0 Å². The number of nitrogens with one attached hydrogen (secondary N) is 1. The highest BCUT2D eigenvalue weighted by atomic mass is 32.2. The minimum Gasteiger partial charge on any atom is -0.284 e. The van der Waals surface area contributed by atoms with E-state index in [9.17, 15) is 8.42 Å². The Morgan fingerprint density at radius 2 is 1.62 bits per heavy atom. The molecule has 3 aromatic carbocycles. The van der Waals surface area contributed by atoms with Crippen molar-refractivity contribution in [2.45, 2.75) is 13.8 Å². The fraction of sp³-hybridized carbons (Fsp3) is 0.125. The number of benzene rings is 3. The Balaban J connectivity index is 1.86. The monoisotopic (exact) mass is 402 g/mol. The number of rotatable bonds is 5. The molecule has 0 aliphatic heterocycles. The molecule has 4 aromatic rings. The molecule has 4 rings (SSSR count). The summed E-state index contributed by atoms with van der Waals surface area (Å²) in [6.07, 6.45) is 0. The van der Waals surface area contributed by atoms with Crippen LogP contribution < -0.4 is 4.72 Å². The molecule has 29 heavy (non-hydrogen) atoms. The van der Waals surface area contributed by atoms with Crippen molar-refractivity contribution in [1.82, 2.24) is 4.98 Å². The van der Waals surface area contributed by atoms with Crippen LogP contribution in [0, 0.1) is 6.92 Å². The Labute approximate surface area is 171 Å². The third-order valence-corrected chi connectivity index (χ3v) is 6.20. The number of nitrogens with zero attached hydrogens (tertiary/aromatic N) is 1. The molecule has 0 radical (unpaired) electrons. The number of hydrogen-bond acceptors (Lipinski definition) is 3. The lowest BCUT2D eigenvalue weighted by Crippen LogP contribution is -2.14. The van der Waals surface area contributed by atoms with Crippen LogP contribution in [0.25, 0.3) is 33.3 Å². The second-order valence-electron chi connectivity index (χ2n) is 7.02. The van der Waals surface area contributed by atoms with Crippen LogP contribution in [-0.2, 0) is 10.0 Å². The molecule has 1 aromatic heterocycles. The Kier molecular flexibility index (Phi) is 5.07. The van der Waals surface area contributed by atoms with E-state index in [1.807, 2.05) is 36.4 Å². The first-order chi connectivity index (χ1) is 13.9. The molecule has 0 atom stereocenters. The second kappa shape index (κ2) is 7.68. The third kappa shape index (κ3) is 4.15. The number of sulfonamides is 1. The largest absolute Gasteiger partial charge is 0.284 e. The van der Waals surface area contributed by atoms with Crippen LogP contribution in [0.2, 0.25) is 0 Å². The summed E-state index contributed by atoms with van der Waals surface area (Å²) >= 11 is 0. The Bertz CT molecular complexity index is 1280. The van der Waals surface area contributed by atoms with Crippen molar-refractivity contribution in [3.63, 3.8) is 0 Å². The molecule has 0 unspecified atom stereocenters. The number of aromatic nitrogens is 1. The zero-order valence-electron chi connectivity index (χ0n) is 16.4. The maximum absolute atomic E-state index is 11.9. The van der Waals surface area contributed by atoms with Crippen LogP contribution in [0.4, 0.5) is 5.69 Å². The van der Waals surface area contributed by atoms with Crippen LogP contribution in [0.3, 0.4) is 0 Å². The van der Waals surface area contributed by atoms with Gasteiger partial charge >= 0.3 is 0 Å². The fourth-order valence-corrected chi connectivity index (χ4v) is 3.92. The molecule has 0 saturated carbocycles. The topological polar surface area (TPSA) is 59.1 Å². The molecule has 1 N–H and O–H groups in total. The van der Waals surface area contributed by atoms with Gasteiger partial charge in [-0.3, -0.25) is 4.72 Å². The van der Waals surface area contributed by atoms with E-state index in [1.165, 1.54) is 5.56 Å². The molecule has 4 nitrogen and oxygen atoms in total. The molecule has 0 aliphatic carbocycles. The zero-order valence-corrected chi connectivity index (χ0v) is 17.2. The van der Waals surface area contributed by atoms with Gasteiger partial charge in [0.1, 0.15) is 0 Å². The van der Waals surface area contributed by atoms with Crippen molar-refractivity contribution in [2.24, 2.45) is 0 Å². The van der Waals surface area contributed by atoms with Gasteiger partial charge in [0.25, 0.3) is 0 Å². The predicted octanol–water partition coefficient (Wildman–Crippen LogP) is 5.64. The lowest BCUT2D eigenvalue weighted by Gasteiger charge is -2.12. The SMILES string of the molecule is CCS(=O)(=O)Nc1cccc(-c2cc(-c3ccc(C)cc3)c3ccccc3n2)c1. The number of pyridine rings is 1. The van der Waals surface area contributed by atoms with Crippen LogP contribution in [0.5, 0.6) is 0 Å². The summed E-state index contributed by atoms with van der Waals surface area (Å²) in [5, 5.41) is 1.09. The van der Waals surface area contributed by atoms with Crippen molar-refractivity contribution >= 4 is 26.6 Å². The molecule has 0 bridgehead atoms. The standard InChI is InChI=1S/C24H22N2O2S/c1-3-29(27,28)26-20-8-6-7-19(15-20)24-16-22(18-13-11-17(2)12-14-18)21-9-4-5-10-23(21)25-24/h4-16,26H,3H2,1-2H3. The lowest BCUT2D eigenvalue weighted by atomic mass is 9.97.